The van der Waals surface area contributed by atoms with Crippen molar-refractivity contribution in [3.8, 4) is 11.1 Å². The third-order valence-electron chi connectivity index (χ3n) is 2.58. The molecule has 0 aliphatic heterocycles. The van der Waals surface area contributed by atoms with Crippen molar-refractivity contribution in [3.05, 3.63) is 48.5 Å². The molecular weight excluding hydrogens is 270 g/mol. The SMILES string of the molecule is O=[PH](O)c1ccc([PH](=O)O)c(-c2ccccc2)c1. The van der Waals surface area contributed by atoms with Crippen LogP contribution in [0.3, 0.4) is 0 Å². The fraction of sp³-hybridized carbons (Fsp3) is 0. The first-order valence-electron chi connectivity index (χ1n) is 5.25. The summed E-state index contributed by atoms with van der Waals surface area (Å²) in [5.41, 5.74) is 1.29. The Morgan fingerprint density at radius 2 is 1.50 bits per heavy atom. The van der Waals surface area contributed by atoms with Crippen molar-refractivity contribution in [2.45, 2.75) is 0 Å². The topological polar surface area (TPSA) is 74.6 Å². The molecule has 0 saturated carbocycles. The molecule has 0 fully saturated rings. The average molecular weight is 282 g/mol. The third kappa shape index (κ3) is 2.80. The minimum Gasteiger partial charge on any atom is -0.343 e. The van der Waals surface area contributed by atoms with Gasteiger partial charge in [-0.25, -0.2) is 0 Å². The minimum absolute atomic E-state index is 0.283. The van der Waals surface area contributed by atoms with Gasteiger partial charge in [-0.2, -0.15) is 0 Å². The van der Waals surface area contributed by atoms with Gasteiger partial charge in [0.2, 0.25) is 16.1 Å². The maximum Gasteiger partial charge on any atom is 0.218 e. The Bertz CT molecular complexity index is 611. The van der Waals surface area contributed by atoms with Crippen LogP contribution in [-0.2, 0) is 9.13 Å². The first-order chi connectivity index (χ1) is 8.59. The molecule has 2 N–H and O–H groups in total. The van der Waals surface area contributed by atoms with E-state index >= 15 is 0 Å². The van der Waals surface area contributed by atoms with Gasteiger partial charge in [0, 0.05) is 10.6 Å². The largest absolute Gasteiger partial charge is 0.343 e. The van der Waals surface area contributed by atoms with Gasteiger partial charge >= 0.3 is 0 Å². The van der Waals surface area contributed by atoms with Crippen LogP contribution < -0.4 is 10.6 Å². The number of rotatable bonds is 3. The first kappa shape index (κ1) is 13.3. The second-order valence-corrected chi connectivity index (χ2v) is 6.07. The Morgan fingerprint density at radius 3 is 2.06 bits per heavy atom. The molecule has 2 unspecified atom stereocenters. The van der Waals surface area contributed by atoms with Gasteiger partial charge in [0.15, 0.2) is 0 Å². The Morgan fingerprint density at radius 1 is 0.833 bits per heavy atom. The summed E-state index contributed by atoms with van der Waals surface area (Å²) >= 11 is 0. The molecule has 2 rings (SSSR count). The van der Waals surface area contributed by atoms with Gasteiger partial charge < -0.3 is 9.79 Å². The van der Waals surface area contributed by atoms with Crippen molar-refractivity contribution in [2.24, 2.45) is 0 Å². The predicted octanol–water partition coefficient (Wildman–Crippen LogP) is 1.54. The Labute approximate surface area is 106 Å². The molecular formula is C12H12O4P2. The molecule has 94 valence electrons. The summed E-state index contributed by atoms with van der Waals surface area (Å²) < 4.78 is 22.4. The lowest BCUT2D eigenvalue weighted by atomic mass is 10.1. The van der Waals surface area contributed by atoms with E-state index in [0.29, 0.717) is 10.9 Å². The lowest BCUT2D eigenvalue weighted by Gasteiger charge is -2.08. The van der Waals surface area contributed by atoms with Crippen molar-refractivity contribution < 1.29 is 18.9 Å². The Hall–Kier alpha value is -1.18. The predicted molar refractivity (Wildman–Crippen MR) is 73.6 cm³/mol. The summed E-state index contributed by atoms with van der Waals surface area (Å²) in [6.45, 7) is 0. The lowest BCUT2D eigenvalue weighted by molar-refractivity contribution is 0.511. The molecule has 6 heteroatoms. The van der Waals surface area contributed by atoms with Gasteiger partial charge in [0.05, 0.1) is 0 Å². The van der Waals surface area contributed by atoms with Gasteiger partial charge in [-0.05, 0) is 29.3 Å². The summed E-state index contributed by atoms with van der Waals surface area (Å²) in [6.07, 6.45) is 0. The van der Waals surface area contributed by atoms with Crippen LogP contribution in [0.1, 0.15) is 0 Å². The molecule has 0 aliphatic rings. The van der Waals surface area contributed by atoms with Gasteiger partial charge in [0.25, 0.3) is 0 Å². The molecule has 4 nitrogen and oxygen atoms in total. The van der Waals surface area contributed by atoms with Crippen LogP contribution in [0.15, 0.2) is 48.5 Å². The summed E-state index contributed by atoms with van der Waals surface area (Å²) in [5.74, 6) is 0. The van der Waals surface area contributed by atoms with E-state index in [1.54, 1.807) is 12.1 Å². The van der Waals surface area contributed by atoms with Crippen molar-refractivity contribution in [1.82, 2.24) is 0 Å². The van der Waals surface area contributed by atoms with Gasteiger partial charge in [-0.15, -0.1) is 0 Å². The highest BCUT2D eigenvalue weighted by atomic mass is 31.1. The van der Waals surface area contributed by atoms with Crippen LogP contribution >= 0.6 is 16.1 Å². The number of hydrogen-bond donors (Lipinski definition) is 2. The molecule has 0 radical (unpaired) electrons. The highest BCUT2D eigenvalue weighted by Gasteiger charge is 2.11. The quantitative estimate of drug-likeness (QED) is 0.837. The van der Waals surface area contributed by atoms with Crippen LogP contribution in [0.25, 0.3) is 11.1 Å². The van der Waals surface area contributed by atoms with E-state index in [1.165, 1.54) is 18.2 Å². The first-order valence-corrected chi connectivity index (χ1v) is 7.97. The highest BCUT2D eigenvalue weighted by Crippen LogP contribution is 2.26. The van der Waals surface area contributed by atoms with Crippen LogP contribution in [0.4, 0.5) is 0 Å². The molecule has 0 amide bonds. The van der Waals surface area contributed by atoms with Crippen LogP contribution in [0, 0.1) is 0 Å². The molecule has 0 aliphatic carbocycles. The van der Waals surface area contributed by atoms with Crippen LogP contribution in [-0.4, -0.2) is 9.79 Å². The van der Waals surface area contributed by atoms with Crippen molar-refractivity contribution in [1.29, 1.82) is 0 Å². The monoisotopic (exact) mass is 282 g/mol. The van der Waals surface area contributed by atoms with Crippen LogP contribution in [0.2, 0.25) is 0 Å². The van der Waals surface area contributed by atoms with Crippen molar-refractivity contribution >= 4 is 26.7 Å². The van der Waals surface area contributed by atoms with Gasteiger partial charge in [0.1, 0.15) is 0 Å². The van der Waals surface area contributed by atoms with Crippen LogP contribution in [0.5, 0.6) is 0 Å². The second-order valence-electron chi connectivity index (χ2n) is 3.74. The molecule has 18 heavy (non-hydrogen) atoms. The van der Waals surface area contributed by atoms with Gasteiger partial charge in [-0.3, -0.25) is 9.13 Å². The maximum absolute atomic E-state index is 11.3. The molecule has 0 heterocycles. The van der Waals surface area contributed by atoms with E-state index < -0.39 is 16.1 Å². The fourth-order valence-electron chi connectivity index (χ4n) is 1.72. The minimum atomic E-state index is -2.85. The van der Waals surface area contributed by atoms with Gasteiger partial charge in [-0.1, -0.05) is 30.3 Å². The molecule has 0 bridgehead atoms. The maximum atomic E-state index is 11.3. The lowest BCUT2D eigenvalue weighted by Crippen LogP contribution is -2.07. The molecule has 2 aromatic rings. The summed E-state index contributed by atoms with van der Waals surface area (Å²) in [7, 11) is -5.66. The fourth-order valence-corrected chi connectivity index (χ4v) is 2.89. The molecule has 0 spiro atoms. The number of benzene rings is 2. The molecule has 0 saturated heterocycles. The van der Waals surface area contributed by atoms with E-state index in [-0.39, 0.29) is 5.30 Å². The number of hydrogen-bond acceptors (Lipinski definition) is 2. The van der Waals surface area contributed by atoms with E-state index in [2.05, 4.69) is 0 Å². The van der Waals surface area contributed by atoms with Crippen molar-refractivity contribution in [3.63, 3.8) is 0 Å². The Balaban J connectivity index is 2.65. The normalized spacial score (nSPS) is 14.1. The zero-order valence-corrected chi connectivity index (χ0v) is 11.3. The van der Waals surface area contributed by atoms with E-state index in [4.69, 9.17) is 4.89 Å². The third-order valence-corrected chi connectivity index (χ3v) is 4.28. The zero-order chi connectivity index (χ0) is 13.1. The summed E-state index contributed by atoms with van der Waals surface area (Å²) in [5, 5.41) is 0.587. The average Bonchev–Trinajstić information content (AvgIpc) is 2.39. The standard InChI is InChI=1S/C12H12O4P2/c13-17(14)10-6-7-12(18(15)16)11(8-10)9-4-2-1-3-5-9/h1-8,17-18H,(H,13,14)(H,15,16). The summed E-state index contributed by atoms with van der Waals surface area (Å²) in [6, 6.07) is 13.4. The van der Waals surface area contributed by atoms with Crippen molar-refractivity contribution in [2.75, 3.05) is 0 Å². The van der Waals surface area contributed by atoms with E-state index in [0.717, 1.165) is 5.56 Å². The molecule has 0 aromatic heterocycles. The zero-order valence-electron chi connectivity index (χ0n) is 9.33. The smallest absolute Gasteiger partial charge is 0.218 e. The second kappa shape index (κ2) is 5.64. The Kier molecular flexibility index (Phi) is 4.15. The van der Waals surface area contributed by atoms with E-state index in [1.807, 2.05) is 18.2 Å². The van der Waals surface area contributed by atoms with E-state index in [9.17, 15) is 14.0 Å². The molecule has 2 atom stereocenters. The molecule has 2 aromatic carbocycles. The summed E-state index contributed by atoms with van der Waals surface area (Å²) in [4.78, 5) is 18.4. The highest BCUT2D eigenvalue weighted by molar-refractivity contribution is 7.48.